The van der Waals surface area contributed by atoms with Gasteiger partial charge in [0.25, 0.3) is 5.52 Å². The third-order valence-corrected chi connectivity index (χ3v) is 2.47. The molecule has 0 aromatic carbocycles. The van der Waals surface area contributed by atoms with Crippen molar-refractivity contribution >= 4 is 19.1 Å². The second-order valence-electron chi connectivity index (χ2n) is 4.18. The molecule has 0 aromatic rings. The Balaban J connectivity index is 4.53. The van der Waals surface area contributed by atoms with E-state index in [1.807, 2.05) is 0 Å². The lowest BCUT2D eigenvalue weighted by atomic mass is 9.97. The van der Waals surface area contributed by atoms with Crippen LogP contribution in [0.2, 0.25) is 0 Å². The second kappa shape index (κ2) is 4.43. The maximum atomic E-state index is 11.3. The molecule has 0 unspecified atom stereocenters. The molecule has 0 saturated carbocycles. The summed E-state index contributed by atoms with van der Waals surface area (Å²) in [7, 11) is -4.84. The first-order valence-electron chi connectivity index (χ1n) is 4.27. The van der Waals surface area contributed by atoms with Gasteiger partial charge in [-0.05, 0) is 27.7 Å². The van der Waals surface area contributed by atoms with E-state index in [0.29, 0.717) is 0 Å². The van der Waals surface area contributed by atoms with Crippen molar-refractivity contribution in [3.05, 3.63) is 0 Å². The summed E-state index contributed by atoms with van der Waals surface area (Å²) in [5, 5.41) is 0. The summed E-state index contributed by atoms with van der Waals surface area (Å²) in [6, 6.07) is 0. The lowest BCUT2D eigenvalue weighted by molar-refractivity contribution is -0.160. The Morgan fingerprint density at radius 1 is 1.27 bits per heavy atom. The summed E-state index contributed by atoms with van der Waals surface area (Å²) in [6.07, 6.45) is -1.43. The number of esters is 1. The molecule has 6 nitrogen and oxygen atoms in total. The van der Waals surface area contributed by atoms with Crippen molar-refractivity contribution in [3.8, 4) is 0 Å². The van der Waals surface area contributed by atoms with Crippen LogP contribution in [0.3, 0.4) is 0 Å². The normalized spacial score (nSPS) is 14.5. The van der Waals surface area contributed by atoms with Crippen molar-refractivity contribution in [2.75, 3.05) is 0 Å². The molecule has 0 heterocycles. The highest BCUT2D eigenvalue weighted by Crippen LogP contribution is 2.37. The fourth-order valence-corrected chi connectivity index (χ4v) is 1.15. The van der Waals surface area contributed by atoms with Gasteiger partial charge in [-0.15, -0.1) is 0 Å². The van der Waals surface area contributed by atoms with Crippen LogP contribution < -0.4 is 0 Å². The summed E-state index contributed by atoms with van der Waals surface area (Å²) >= 11 is 0. The molecular formula is C8H15O6P. The van der Waals surface area contributed by atoms with Gasteiger partial charge >= 0.3 is 13.6 Å². The van der Waals surface area contributed by atoms with E-state index in [9.17, 15) is 14.2 Å². The predicted octanol–water partition coefficient (Wildman–Crippen LogP) is 0.668. The van der Waals surface area contributed by atoms with Gasteiger partial charge in [0.15, 0.2) is 6.10 Å². The first-order valence-corrected chi connectivity index (χ1v) is 5.88. The molecule has 88 valence electrons. The molecule has 0 amide bonds. The summed E-state index contributed by atoms with van der Waals surface area (Å²) in [4.78, 5) is 39.4. The quantitative estimate of drug-likeness (QED) is 0.553. The SMILES string of the molecule is C[C@H](OC(=O)C(C)(C)C)C(=O)P(=O)(O)O. The standard InChI is InChI=1S/C8H15O6P/c1-5(6(9)15(11,12)13)14-7(10)8(2,3)4/h5H,1-4H3,(H2,11,12,13)/t5-/m0/s1. The number of carbonyl (C=O) groups excluding carboxylic acids is 2. The van der Waals surface area contributed by atoms with Crippen LogP contribution in [0.25, 0.3) is 0 Å². The predicted molar refractivity (Wildman–Crippen MR) is 52.1 cm³/mol. The lowest BCUT2D eigenvalue weighted by Crippen LogP contribution is -2.31. The molecule has 0 aliphatic rings. The molecule has 0 saturated heterocycles. The zero-order valence-electron chi connectivity index (χ0n) is 9.05. The molecule has 7 heteroatoms. The van der Waals surface area contributed by atoms with Crippen LogP contribution in [0.4, 0.5) is 0 Å². The van der Waals surface area contributed by atoms with E-state index in [-0.39, 0.29) is 0 Å². The van der Waals surface area contributed by atoms with E-state index in [1.165, 1.54) is 0 Å². The van der Waals surface area contributed by atoms with Gasteiger partial charge in [-0.1, -0.05) is 0 Å². The zero-order chi connectivity index (χ0) is 12.4. The molecule has 0 aromatic heterocycles. The highest BCUT2D eigenvalue weighted by Gasteiger charge is 2.35. The number of hydrogen-bond donors (Lipinski definition) is 2. The van der Waals surface area contributed by atoms with Crippen molar-refractivity contribution in [1.29, 1.82) is 0 Å². The minimum atomic E-state index is -4.84. The maximum absolute atomic E-state index is 11.3. The van der Waals surface area contributed by atoms with Crippen LogP contribution in [0.1, 0.15) is 27.7 Å². The Morgan fingerprint density at radius 2 is 1.67 bits per heavy atom. The molecule has 2 N–H and O–H groups in total. The summed E-state index contributed by atoms with van der Waals surface area (Å²) in [5.41, 5.74) is -2.20. The van der Waals surface area contributed by atoms with E-state index >= 15 is 0 Å². The van der Waals surface area contributed by atoms with Crippen molar-refractivity contribution in [3.63, 3.8) is 0 Å². The molecule has 0 bridgehead atoms. The van der Waals surface area contributed by atoms with E-state index < -0.39 is 30.6 Å². The van der Waals surface area contributed by atoms with Crippen LogP contribution in [-0.4, -0.2) is 27.4 Å². The third kappa shape index (κ3) is 4.55. The Bertz CT molecular complexity index is 310. The molecule has 0 aliphatic carbocycles. The first kappa shape index (κ1) is 14.3. The number of rotatable bonds is 3. The molecule has 0 radical (unpaired) electrons. The topological polar surface area (TPSA) is 101 Å². The zero-order valence-corrected chi connectivity index (χ0v) is 9.95. The minimum Gasteiger partial charge on any atom is -0.453 e. The monoisotopic (exact) mass is 238 g/mol. The molecule has 0 spiro atoms. The highest BCUT2D eigenvalue weighted by molar-refractivity contribution is 7.70. The van der Waals surface area contributed by atoms with Gasteiger partial charge < -0.3 is 14.5 Å². The average molecular weight is 238 g/mol. The summed E-state index contributed by atoms with van der Waals surface area (Å²) in [5.74, 6) is -0.684. The Labute approximate surface area is 87.8 Å². The van der Waals surface area contributed by atoms with Gasteiger partial charge in [-0.25, -0.2) is 0 Å². The highest BCUT2D eigenvalue weighted by atomic mass is 31.2. The average Bonchev–Trinajstić information content (AvgIpc) is 1.99. The van der Waals surface area contributed by atoms with Gasteiger partial charge in [0.2, 0.25) is 0 Å². The van der Waals surface area contributed by atoms with Gasteiger partial charge in [0, 0.05) is 0 Å². The van der Waals surface area contributed by atoms with Crippen molar-refractivity contribution in [2.24, 2.45) is 5.41 Å². The van der Waals surface area contributed by atoms with Gasteiger partial charge in [0.1, 0.15) is 0 Å². The molecule has 0 aliphatic heterocycles. The Kier molecular flexibility index (Phi) is 4.22. The lowest BCUT2D eigenvalue weighted by Gasteiger charge is -2.20. The molecule has 0 rings (SSSR count). The molecule has 15 heavy (non-hydrogen) atoms. The van der Waals surface area contributed by atoms with Gasteiger partial charge in [-0.3, -0.25) is 14.2 Å². The van der Waals surface area contributed by atoms with E-state index in [2.05, 4.69) is 4.74 Å². The van der Waals surface area contributed by atoms with Crippen LogP contribution >= 0.6 is 7.60 Å². The molecule has 1 atom stereocenters. The Hall–Kier alpha value is -0.710. The van der Waals surface area contributed by atoms with E-state index in [1.54, 1.807) is 20.8 Å². The number of ether oxygens (including phenoxy) is 1. The fraction of sp³-hybridized carbons (Fsp3) is 0.750. The van der Waals surface area contributed by atoms with Gasteiger partial charge in [0.05, 0.1) is 5.41 Å². The molecule has 0 fully saturated rings. The summed E-state index contributed by atoms with van der Waals surface area (Å²) in [6.45, 7) is 5.85. The van der Waals surface area contributed by atoms with Crippen LogP contribution in [-0.2, 0) is 18.9 Å². The number of hydrogen-bond acceptors (Lipinski definition) is 4. The van der Waals surface area contributed by atoms with Crippen LogP contribution in [0.15, 0.2) is 0 Å². The van der Waals surface area contributed by atoms with Crippen molar-refractivity contribution < 1.29 is 28.7 Å². The molecular weight excluding hydrogens is 223 g/mol. The number of carbonyl (C=O) groups is 2. The largest absolute Gasteiger partial charge is 0.453 e. The second-order valence-corrected chi connectivity index (χ2v) is 5.71. The third-order valence-electron chi connectivity index (χ3n) is 1.53. The van der Waals surface area contributed by atoms with Crippen molar-refractivity contribution in [2.45, 2.75) is 33.8 Å². The van der Waals surface area contributed by atoms with E-state index in [4.69, 9.17) is 9.79 Å². The van der Waals surface area contributed by atoms with Crippen LogP contribution in [0.5, 0.6) is 0 Å². The van der Waals surface area contributed by atoms with Gasteiger partial charge in [-0.2, -0.15) is 0 Å². The van der Waals surface area contributed by atoms with Crippen molar-refractivity contribution in [1.82, 2.24) is 0 Å². The minimum absolute atomic E-state index is 0.684. The smallest absolute Gasteiger partial charge is 0.395 e. The maximum Gasteiger partial charge on any atom is 0.395 e. The fourth-order valence-electron chi connectivity index (χ4n) is 0.625. The van der Waals surface area contributed by atoms with Crippen LogP contribution in [0, 0.1) is 5.41 Å². The first-order chi connectivity index (χ1) is 6.46. The Morgan fingerprint density at radius 3 is 1.93 bits per heavy atom. The van der Waals surface area contributed by atoms with E-state index in [0.717, 1.165) is 6.92 Å². The summed E-state index contributed by atoms with van der Waals surface area (Å²) < 4.78 is 15.2.